The van der Waals surface area contributed by atoms with Crippen molar-refractivity contribution in [1.82, 2.24) is 0 Å². The summed E-state index contributed by atoms with van der Waals surface area (Å²) in [5, 5.41) is 13.2. The van der Waals surface area contributed by atoms with Gasteiger partial charge in [-0.15, -0.1) is 0 Å². The molecule has 0 aliphatic carbocycles. The van der Waals surface area contributed by atoms with Crippen LogP contribution >= 0.6 is 11.6 Å². The molecular formula is C22H15ClO. The molecule has 0 saturated heterocycles. The number of phenols is 1. The fourth-order valence-corrected chi connectivity index (χ4v) is 3.41. The lowest BCUT2D eigenvalue weighted by Crippen LogP contribution is -1.87. The lowest BCUT2D eigenvalue weighted by atomic mass is 9.91. The van der Waals surface area contributed by atoms with Crippen LogP contribution in [0.5, 0.6) is 5.75 Å². The Morgan fingerprint density at radius 1 is 0.542 bits per heavy atom. The maximum Gasteiger partial charge on any atom is 0.123 e. The van der Waals surface area contributed by atoms with Crippen LogP contribution in [0.2, 0.25) is 5.02 Å². The summed E-state index contributed by atoms with van der Waals surface area (Å²) >= 11 is 6.44. The minimum absolute atomic E-state index is 0.277. The maximum absolute atomic E-state index is 10.3. The molecule has 4 aromatic rings. The first kappa shape index (κ1) is 14.8. The highest BCUT2D eigenvalue weighted by Crippen LogP contribution is 2.40. The SMILES string of the molecule is Oc1ccccc1-c1cccc2cccc(-c3ccccc3Cl)c12. The number of para-hydroxylation sites is 1. The van der Waals surface area contributed by atoms with E-state index in [0.717, 1.165) is 38.0 Å². The van der Waals surface area contributed by atoms with Gasteiger partial charge in [0, 0.05) is 16.1 Å². The van der Waals surface area contributed by atoms with Crippen LogP contribution in [0, 0.1) is 0 Å². The molecule has 0 amide bonds. The highest BCUT2D eigenvalue weighted by molar-refractivity contribution is 6.34. The Morgan fingerprint density at radius 3 is 1.75 bits per heavy atom. The second kappa shape index (κ2) is 6.03. The highest BCUT2D eigenvalue weighted by atomic mass is 35.5. The number of rotatable bonds is 2. The molecule has 0 atom stereocenters. The van der Waals surface area contributed by atoms with Crippen molar-refractivity contribution in [2.75, 3.05) is 0 Å². The van der Waals surface area contributed by atoms with E-state index >= 15 is 0 Å². The zero-order chi connectivity index (χ0) is 16.5. The van der Waals surface area contributed by atoms with Crippen molar-refractivity contribution in [2.24, 2.45) is 0 Å². The van der Waals surface area contributed by atoms with Crippen LogP contribution in [0.1, 0.15) is 0 Å². The first-order valence-electron chi connectivity index (χ1n) is 7.81. The standard InChI is InChI=1S/C22H15ClO/c23-20-13-3-1-9-16(20)18-11-5-7-15-8-6-12-19(22(15)18)17-10-2-4-14-21(17)24/h1-14,24H. The van der Waals surface area contributed by atoms with Crippen LogP contribution in [0.25, 0.3) is 33.0 Å². The van der Waals surface area contributed by atoms with E-state index in [-0.39, 0.29) is 5.75 Å². The van der Waals surface area contributed by atoms with Gasteiger partial charge in [-0.1, -0.05) is 84.4 Å². The normalized spacial score (nSPS) is 10.9. The molecule has 0 heterocycles. The molecule has 4 rings (SSSR count). The Balaban J connectivity index is 2.11. The van der Waals surface area contributed by atoms with E-state index in [9.17, 15) is 5.11 Å². The van der Waals surface area contributed by atoms with Crippen LogP contribution < -0.4 is 0 Å². The topological polar surface area (TPSA) is 20.2 Å². The summed E-state index contributed by atoms with van der Waals surface area (Å²) in [6, 6.07) is 27.6. The van der Waals surface area contributed by atoms with Crippen LogP contribution in [-0.2, 0) is 0 Å². The third kappa shape index (κ3) is 2.44. The Kier molecular flexibility index (Phi) is 3.72. The number of halogens is 1. The molecule has 2 heteroatoms. The smallest absolute Gasteiger partial charge is 0.123 e. The lowest BCUT2D eigenvalue weighted by Gasteiger charge is -2.14. The Hall–Kier alpha value is -2.77. The van der Waals surface area contributed by atoms with Crippen LogP contribution in [0.3, 0.4) is 0 Å². The molecule has 0 radical (unpaired) electrons. The van der Waals surface area contributed by atoms with Crippen molar-refractivity contribution in [3.05, 3.63) is 90.0 Å². The molecule has 0 fully saturated rings. The van der Waals surface area contributed by atoms with Crippen molar-refractivity contribution in [3.8, 4) is 28.0 Å². The molecule has 0 bridgehead atoms. The monoisotopic (exact) mass is 330 g/mol. The van der Waals surface area contributed by atoms with Gasteiger partial charge < -0.3 is 5.11 Å². The van der Waals surface area contributed by atoms with Gasteiger partial charge in [-0.2, -0.15) is 0 Å². The van der Waals surface area contributed by atoms with Gasteiger partial charge in [-0.05, 0) is 34.0 Å². The van der Waals surface area contributed by atoms with Gasteiger partial charge in [0.2, 0.25) is 0 Å². The Bertz CT molecular complexity index is 956. The molecule has 0 saturated carbocycles. The minimum atomic E-state index is 0.277. The first-order valence-corrected chi connectivity index (χ1v) is 8.18. The van der Waals surface area contributed by atoms with Crippen LogP contribution in [0.15, 0.2) is 84.9 Å². The summed E-state index contributed by atoms with van der Waals surface area (Å²) in [5.74, 6) is 0.277. The summed E-state index contributed by atoms with van der Waals surface area (Å²) in [4.78, 5) is 0. The quantitative estimate of drug-likeness (QED) is 0.443. The fraction of sp³-hybridized carbons (Fsp3) is 0. The summed E-state index contributed by atoms with van der Waals surface area (Å²) in [7, 11) is 0. The van der Waals surface area contributed by atoms with Gasteiger partial charge >= 0.3 is 0 Å². The van der Waals surface area contributed by atoms with Crippen molar-refractivity contribution in [2.45, 2.75) is 0 Å². The summed E-state index contributed by atoms with van der Waals surface area (Å²) in [6.07, 6.45) is 0. The molecule has 0 aromatic heterocycles. The minimum Gasteiger partial charge on any atom is -0.507 e. The van der Waals surface area contributed by atoms with E-state index in [0.29, 0.717) is 0 Å². The van der Waals surface area contributed by atoms with Gasteiger partial charge in [0.05, 0.1) is 0 Å². The van der Waals surface area contributed by atoms with Gasteiger partial charge in [0.1, 0.15) is 5.75 Å². The molecule has 4 aromatic carbocycles. The van der Waals surface area contributed by atoms with Gasteiger partial charge in [0.15, 0.2) is 0 Å². The fourth-order valence-electron chi connectivity index (χ4n) is 3.17. The number of aromatic hydroxyl groups is 1. The molecule has 0 unspecified atom stereocenters. The predicted molar refractivity (Wildman–Crippen MR) is 101 cm³/mol. The zero-order valence-corrected chi connectivity index (χ0v) is 13.7. The Labute approximate surface area is 145 Å². The summed E-state index contributed by atoms with van der Waals surface area (Å²) in [5.41, 5.74) is 3.88. The predicted octanol–water partition coefficient (Wildman–Crippen LogP) is 6.53. The van der Waals surface area contributed by atoms with E-state index in [1.807, 2.05) is 60.7 Å². The van der Waals surface area contributed by atoms with Crippen LogP contribution in [-0.4, -0.2) is 5.11 Å². The molecule has 116 valence electrons. The van der Waals surface area contributed by atoms with Gasteiger partial charge in [0.25, 0.3) is 0 Å². The molecule has 0 spiro atoms. The maximum atomic E-state index is 10.3. The molecule has 0 aliphatic heterocycles. The number of fused-ring (bicyclic) bond motifs is 1. The molecule has 1 N–H and O–H groups in total. The van der Waals surface area contributed by atoms with Crippen molar-refractivity contribution < 1.29 is 5.11 Å². The number of benzene rings is 4. The molecule has 1 nitrogen and oxygen atoms in total. The first-order chi connectivity index (χ1) is 11.8. The Morgan fingerprint density at radius 2 is 1.08 bits per heavy atom. The number of phenolic OH excluding ortho intramolecular Hbond substituents is 1. The third-order valence-electron chi connectivity index (χ3n) is 4.26. The lowest BCUT2D eigenvalue weighted by molar-refractivity contribution is 0.477. The highest BCUT2D eigenvalue weighted by Gasteiger charge is 2.13. The summed E-state index contributed by atoms with van der Waals surface area (Å²) in [6.45, 7) is 0. The van der Waals surface area contributed by atoms with E-state index in [4.69, 9.17) is 11.6 Å². The van der Waals surface area contributed by atoms with Crippen molar-refractivity contribution >= 4 is 22.4 Å². The van der Waals surface area contributed by atoms with Gasteiger partial charge in [-0.25, -0.2) is 0 Å². The van der Waals surface area contributed by atoms with E-state index in [1.165, 1.54) is 0 Å². The van der Waals surface area contributed by atoms with E-state index in [2.05, 4.69) is 18.2 Å². The summed E-state index contributed by atoms with van der Waals surface area (Å²) < 4.78 is 0. The van der Waals surface area contributed by atoms with Gasteiger partial charge in [-0.3, -0.25) is 0 Å². The van der Waals surface area contributed by atoms with Crippen molar-refractivity contribution in [1.29, 1.82) is 0 Å². The van der Waals surface area contributed by atoms with E-state index < -0.39 is 0 Å². The molecule has 0 aliphatic rings. The molecule has 24 heavy (non-hydrogen) atoms. The second-order valence-electron chi connectivity index (χ2n) is 5.71. The van der Waals surface area contributed by atoms with Crippen LogP contribution in [0.4, 0.5) is 0 Å². The molecular weight excluding hydrogens is 316 g/mol. The number of hydrogen-bond donors (Lipinski definition) is 1. The third-order valence-corrected chi connectivity index (χ3v) is 4.59. The van der Waals surface area contributed by atoms with Crippen molar-refractivity contribution in [3.63, 3.8) is 0 Å². The van der Waals surface area contributed by atoms with E-state index in [1.54, 1.807) is 6.07 Å². The largest absolute Gasteiger partial charge is 0.507 e. The zero-order valence-electron chi connectivity index (χ0n) is 12.9. The average molecular weight is 331 g/mol. The second-order valence-corrected chi connectivity index (χ2v) is 6.11. The number of hydrogen-bond acceptors (Lipinski definition) is 1. The average Bonchev–Trinajstić information content (AvgIpc) is 2.62.